The van der Waals surface area contributed by atoms with Gasteiger partial charge in [0.15, 0.2) is 0 Å². The molecule has 28 aromatic rings. The molecule has 16 heterocycles. The van der Waals surface area contributed by atoms with Crippen LogP contribution in [0.2, 0.25) is 0 Å². The summed E-state index contributed by atoms with van der Waals surface area (Å²) >= 11 is 0. The zero-order valence-corrected chi connectivity index (χ0v) is 75.1. The van der Waals surface area contributed by atoms with Crippen LogP contribution < -0.4 is 0 Å². The minimum Gasteiger partial charge on any atom is -0.290 e. The Labute approximate surface area is 796 Å². The highest BCUT2D eigenvalue weighted by Gasteiger charge is 2.37. The van der Waals surface area contributed by atoms with Crippen molar-refractivity contribution in [2.75, 3.05) is 0 Å². The van der Waals surface area contributed by atoms with Crippen molar-refractivity contribution < 1.29 is 0 Å². The summed E-state index contributed by atoms with van der Waals surface area (Å²) in [5.74, 6) is 0. The number of nitrogens with zero attached hydrogens (tertiary/aromatic N) is 16. The smallest absolute Gasteiger partial charge is 0.146 e. The molecule has 0 aliphatic heterocycles. The van der Waals surface area contributed by atoms with Gasteiger partial charge < -0.3 is 0 Å². The van der Waals surface area contributed by atoms with E-state index in [1.165, 1.54) is 243 Å². The predicted molar refractivity (Wildman–Crippen MR) is 559 cm³/mol. The molecule has 0 atom stereocenters. The number of rotatable bonds is 0. The second-order valence-corrected chi connectivity index (χ2v) is 38.8. The summed E-state index contributed by atoms with van der Waals surface area (Å²) in [6.07, 6.45) is 38.2. The molecule has 16 heteroatoms. The molecule has 16 nitrogen and oxygen atoms in total. The van der Waals surface area contributed by atoms with E-state index in [-0.39, 0.29) is 0 Å². The summed E-state index contributed by atoms with van der Waals surface area (Å²) in [6, 6.07) is 89.7. The average Bonchev–Trinajstić information content (AvgIpc) is 1.51. The van der Waals surface area contributed by atoms with E-state index in [1.807, 2.05) is 123 Å². The molecule has 36 rings (SSSR count). The first-order chi connectivity index (χ1) is 69.4. The molecule has 8 aliphatic rings. The summed E-state index contributed by atoms with van der Waals surface area (Å²) < 4.78 is 8.96. The number of hydrogen-bond donors (Lipinski definition) is 0. The van der Waals surface area contributed by atoms with Crippen molar-refractivity contribution in [3.8, 4) is 89.0 Å². The molecule has 0 fully saturated rings. The molecule has 0 radical (unpaired) electrons. The highest BCUT2D eigenvalue weighted by Crippen LogP contribution is 2.57. The first-order valence-electron chi connectivity index (χ1n) is 48.1. The molecule has 140 heavy (non-hydrogen) atoms. The van der Waals surface area contributed by atoms with E-state index in [1.54, 1.807) is 0 Å². The Bertz CT molecular complexity index is 10300. The SMILES string of the molecule is c1ccc2c(c1)Cc1c-2ccc2c1Cc1ccc3c(c1-2)c1ccncc1n1c2ccncc2nc31.c1ccc2c(c1)Cc1cc3c(cc1-2)-c1c(ccc2c1c1ccncc1n1c4ccncc4nc21)C3.c1ccc2c(c1)Cc1cc3c(cc1-2)Cc1ccc2c(c1-3)c1ccncc1n1c3ccncc3nc21.c1ccc2c(c1)Cc1ccc3c(c1-2)Cc1ccc2c(c1-3)c1ccncc1n1c3ccncc3nc21. The molecule has 648 valence electrons. The van der Waals surface area contributed by atoms with Crippen molar-refractivity contribution in [1.82, 2.24) is 77.4 Å². The Morgan fingerprint density at radius 3 is 0.900 bits per heavy atom. The number of hydrogen-bond acceptors (Lipinski definition) is 12. The maximum absolute atomic E-state index is 5.04. The van der Waals surface area contributed by atoms with Crippen LogP contribution in [-0.2, 0) is 51.4 Å². The molecule has 8 aliphatic carbocycles. The van der Waals surface area contributed by atoms with Gasteiger partial charge in [-0.3, -0.25) is 57.5 Å². The minimum atomic E-state index is 0.903. The monoisotopic (exact) mass is 1780 g/mol. The highest BCUT2D eigenvalue weighted by molar-refractivity contribution is 6.26. The van der Waals surface area contributed by atoms with Crippen LogP contribution in [0.4, 0.5) is 0 Å². The number of aromatic nitrogens is 16. The van der Waals surface area contributed by atoms with Gasteiger partial charge in [-0.25, -0.2) is 19.9 Å². The van der Waals surface area contributed by atoms with E-state index >= 15 is 0 Å². The lowest BCUT2D eigenvalue weighted by Crippen LogP contribution is -1.94. The van der Waals surface area contributed by atoms with E-state index in [9.17, 15) is 0 Å². The van der Waals surface area contributed by atoms with Crippen molar-refractivity contribution in [2.45, 2.75) is 51.4 Å². The van der Waals surface area contributed by atoms with Gasteiger partial charge in [-0.15, -0.1) is 0 Å². The molecule has 0 saturated carbocycles. The lowest BCUT2D eigenvalue weighted by atomic mass is 9.93. The van der Waals surface area contributed by atoms with Crippen LogP contribution in [-0.4, -0.2) is 77.4 Å². The Kier molecular flexibility index (Phi) is 14.9. The Balaban J connectivity index is 0.0000000829. The third-order valence-corrected chi connectivity index (χ3v) is 32.0. The zero-order chi connectivity index (χ0) is 90.7. The molecule has 16 aromatic heterocycles. The van der Waals surface area contributed by atoms with Crippen molar-refractivity contribution in [3.05, 3.63) is 431 Å². The van der Waals surface area contributed by atoms with Gasteiger partial charge in [0.05, 0.1) is 93.7 Å². The van der Waals surface area contributed by atoms with Crippen LogP contribution >= 0.6 is 0 Å². The van der Waals surface area contributed by atoms with Crippen molar-refractivity contribution in [1.29, 1.82) is 0 Å². The fraction of sp³-hybridized carbons (Fsp3) is 0.0645. The Morgan fingerprint density at radius 1 is 0.164 bits per heavy atom. The van der Waals surface area contributed by atoms with Gasteiger partial charge >= 0.3 is 0 Å². The van der Waals surface area contributed by atoms with Gasteiger partial charge in [0.25, 0.3) is 0 Å². The maximum Gasteiger partial charge on any atom is 0.146 e. The van der Waals surface area contributed by atoms with Crippen LogP contribution in [0.3, 0.4) is 0 Å². The van der Waals surface area contributed by atoms with Gasteiger partial charge in [-0.1, -0.05) is 176 Å². The van der Waals surface area contributed by atoms with E-state index in [2.05, 4.69) is 276 Å². The fourth-order valence-corrected chi connectivity index (χ4v) is 26.2. The normalized spacial score (nSPS) is 13.5. The first kappa shape index (κ1) is 75.1. The summed E-state index contributed by atoms with van der Waals surface area (Å²) in [4.78, 5) is 55.4. The van der Waals surface area contributed by atoms with Crippen molar-refractivity contribution in [3.63, 3.8) is 0 Å². The van der Waals surface area contributed by atoms with Crippen molar-refractivity contribution in [2.24, 2.45) is 0 Å². The topological polar surface area (TPSA) is 172 Å². The van der Waals surface area contributed by atoms with Crippen molar-refractivity contribution >= 4 is 153 Å². The molecule has 0 unspecified atom stereocenters. The first-order valence-corrected chi connectivity index (χ1v) is 48.1. The molecule has 0 amide bonds. The fourth-order valence-electron chi connectivity index (χ4n) is 26.2. The molecular formula is C124H72N16. The number of fused-ring (bicyclic) bond motifs is 62. The van der Waals surface area contributed by atoms with Crippen LogP contribution in [0.5, 0.6) is 0 Å². The van der Waals surface area contributed by atoms with E-state index in [0.29, 0.717) is 0 Å². The quantitative estimate of drug-likeness (QED) is 0.132. The molecule has 0 N–H and O–H groups in total. The molecule has 0 saturated heterocycles. The number of pyridine rings is 12. The zero-order valence-electron chi connectivity index (χ0n) is 75.1. The van der Waals surface area contributed by atoms with Gasteiger partial charge in [-0.2, -0.15) is 0 Å². The third kappa shape index (κ3) is 10.2. The molecule has 0 spiro atoms. The maximum atomic E-state index is 5.04. The average molecular weight is 1790 g/mol. The summed E-state index contributed by atoms with van der Waals surface area (Å²) in [5, 5.41) is 14.7. The van der Waals surface area contributed by atoms with E-state index < -0.39 is 0 Å². The van der Waals surface area contributed by atoms with Crippen LogP contribution in [0, 0.1) is 0 Å². The number of imidazole rings is 4. The van der Waals surface area contributed by atoms with E-state index in [4.69, 9.17) is 19.9 Å². The lowest BCUT2D eigenvalue weighted by Gasteiger charge is -2.13. The van der Waals surface area contributed by atoms with Crippen LogP contribution in [0.15, 0.2) is 342 Å². The second-order valence-electron chi connectivity index (χ2n) is 38.8. The molecule has 0 bridgehead atoms. The van der Waals surface area contributed by atoms with Gasteiger partial charge in [-0.05, 0) is 296 Å². The largest absolute Gasteiger partial charge is 0.290 e. The van der Waals surface area contributed by atoms with E-state index in [0.717, 1.165) is 140 Å². The predicted octanol–water partition coefficient (Wildman–Crippen LogP) is 26.9. The highest BCUT2D eigenvalue weighted by atomic mass is 15.1. The second kappa shape index (κ2) is 27.7. The van der Waals surface area contributed by atoms with Crippen LogP contribution in [0.25, 0.3) is 242 Å². The summed E-state index contributed by atoms with van der Waals surface area (Å²) in [6.45, 7) is 0. The summed E-state index contributed by atoms with van der Waals surface area (Å²) in [5.41, 5.74) is 61.1. The third-order valence-electron chi connectivity index (χ3n) is 32.0. The Morgan fingerprint density at radius 2 is 0.443 bits per heavy atom. The molecule has 12 aromatic carbocycles. The minimum absolute atomic E-state index is 0.903. The van der Waals surface area contributed by atoms with Crippen LogP contribution in [0.1, 0.15) is 89.0 Å². The standard InChI is InChI=1S/4C31H18N4/c1-2-4-20-17(3-1)13-18-5-7-21-24(28(18)20)14-19-6-8-23-30(29(19)21)22-9-11-33-16-27(22)35-26-10-12-32-15-25(26)34-31(23)35;1-2-4-21-17(3-1)11-19-14-25-20(13-24(19)21)12-18-5-6-23-30(29(18)25)22-7-9-33-16-28(22)35-27-8-10-32-15-26(27)34-31(23)35;1-2-4-21-17(3-1)11-19-13-20-12-18-5-6-23-30(29(18)25(20)14-24(19)21)22-7-9-33-16-28(22)35-27-8-10-32-15-26(27)34-31(23)35;1-2-4-19-17(3-1)13-24-20(19)7-8-21-25(24)14-18-5-6-23-30(29(18)21)22-9-11-33-16-28(22)35-27-10-12-32-15-26(27)34-31(23)35/h1-12,15-16H,13-14H2;2*1-10,13-16H,11-12H2;1-12,15-16H,13-14H2. The number of benzene rings is 12. The van der Waals surface area contributed by atoms with Gasteiger partial charge in [0, 0.05) is 114 Å². The Hall–Kier alpha value is -18.3. The molecular weight excluding hydrogens is 1710 g/mol. The lowest BCUT2D eigenvalue weighted by molar-refractivity contribution is 1.16. The van der Waals surface area contributed by atoms with Gasteiger partial charge in [0.1, 0.15) is 44.7 Å². The van der Waals surface area contributed by atoms with Gasteiger partial charge in [0.2, 0.25) is 0 Å². The summed E-state index contributed by atoms with van der Waals surface area (Å²) in [7, 11) is 0.